The quantitative estimate of drug-likeness (QED) is 0.851. The molecule has 0 aliphatic heterocycles. The van der Waals surface area contributed by atoms with Gasteiger partial charge in [-0.05, 0) is 13.3 Å². The first-order chi connectivity index (χ1) is 8.20. The Kier molecular flexibility index (Phi) is 3.48. The fourth-order valence-corrected chi connectivity index (χ4v) is 2.09. The third-order valence-electron chi connectivity index (χ3n) is 2.27. The SMILES string of the molecule is CCc1nc(CNC(=O)c2n[nH]nc2C)cs1. The Morgan fingerprint density at radius 3 is 2.94 bits per heavy atom. The average Bonchev–Trinajstić information content (AvgIpc) is 2.94. The zero-order valence-corrected chi connectivity index (χ0v) is 10.5. The van der Waals surface area contributed by atoms with E-state index >= 15 is 0 Å². The summed E-state index contributed by atoms with van der Waals surface area (Å²) in [7, 11) is 0. The van der Waals surface area contributed by atoms with Crippen LogP contribution in [0.4, 0.5) is 0 Å². The smallest absolute Gasteiger partial charge is 0.274 e. The van der Waals surface area contributed by atoms with E-state index in [0.717, 1.165) is 17.1 Å². The van der Waals surface area contributed by atoms with Crippen molar-refractivity contribution in [2.75, 3.05) is 0 Å². The molecule has 6 nitrogen and oxygen atoms in total. The van der Waals surface area contributed by atoms with Crippen LogP contribution in [0.25, 0.3) is 0 Å². The first-order valence-electron chi connectivity index (χ1n) is 5.29. The molecule has 0 aliphatic carbocycles. The number of carbonyl (C=O) groups excluding carboxylic acids is 1. The molecule has 0 unspecified atom stereocenters. The Labute approximate surface area is 102 Å². The Morgan fingerprint density at radius 1 is 1.53 bits per heavy atom. The second-order valence-corrected chi connectivity index (χ2v) is 4.47. The monoisotopic (exact) mass is 251 g/mol. The number of aromatic nitrogens is 4. The van der Waals surface area contributed by atoms with Crippen LogP contribution in [0.15, 0.2) is 5.38 Å². The lowest BCUT2D eigenvalue weighted by Gasteiger charge is -2.00. The van der Waals surface area contributed by atoms with E-state index in [1.807, 2.05) is 5.38 Å². The number of aromatic amines is 1. The molecule has 90 valence electrons. The van der Waals surface area contributed by atoms with Crippen LogP contribution < -0.4 is 5.32 Å². The number of amides is 1. The van der Waals surface area contributed by atoms with Gasteiger partial charge >= 0.3 is 0 Å². The first kappa shape index (κ1) is 11.7. The maximum absolute atomic E-state index is 11.7. The average molecular weight is 251 g/mol. The van der Waals surface area contributed by atoms with Crippen LogP contribution in [0, 0.1) is 6.92 Å². The minimum Gasteiger partial charge on any atom is -0.345 e. The van der Waals surface area contributed by atoms with Gasteiger partial charge < -0.3 is 5.32 Å². The van der Waals surface area contributed by atoms with Crippen molar-refractivity contribution in [3.8, 4) is 0 Å². The van der Waals surface area contributed by atoms with E-state index in [1.165, 1.54) is 0 Å². The zero-order valence-electron chi connectivity index (χ0n) is 9.65. The summed E-state index contributed by atoms with van der Waals surface area (Å²) in [6.45, 7) is 4.21. The van der Waals surface area contributed by atoms with Crippen molar-refractivity contribution in [3.05, 3.63) is 27.5 Å². The highest BCUT2D eigenvalue weighted by atomic mass is 32.1. The molecule has 1 amide bonds. The van der Waals surface area contributed by atoms with E-state index in [0.29, 0.717) is 17.9 Å². The molecule has 0 saturated carbocycles. The number of aryl methyl sites for hydroxylation is 2. The van der Waals surface area contributed by atoms with Crippen molar-refractivity contribution < 1.29 is 4.79 Å². The summed E-state index contributed by atoms with van der Waals surface area (Å²) >= 11 is 1.61. The summed E-state index contributed by atoms with van der Waals surface area (Å²) < 4.78 is 0. The van der Waals surface area contributed by atoms with Crippen LogP contribution in [0.5, 0.6) is 0 Å². The molecule has 0 atom stereocenters. The summed E-state index contributed by atoms with van der Waals surface area (Å²) in [6, 6.07) is 0. The van der Waals surface area contributed by atoms with Crippen LogP contribution in [0.1, 0.15) is 33.8 Å². The fraction of sp³-hybridized carbons (Fsp3) is 0.400. The number of hydrogen-bond donors (Lipinski definition) is 2. The van der Waals surface area contributed by atoms with E-state index in [2.05, 4.69) is 32.6 Å². The second-order valence-electron chi connectivity index (χ2n) is 3.53. The Hall–Kier alpha value is -1.76. The third-order valence-corrected chi connectivity index (χ3v) is 3.31. The van der Waals surface area contributed by atoms with Gasteiger partial charge in [-0.2, -0.15) is 15.4 Å². The molecule has 0 bridgehead atoms. The van der Waals surface area contributed by atoms with E-state index < -0.39 is 0 Å². The number of carbonyl (C=O) groups is 1. The molecular weight excluding hydrogens is 238 g/mol. The molecule has 0 spiro atoms. The number of hydrogen-bond acceptors (Lipinski definition) is 5. The Balaban J connectivity index is 1.94. The van der Waals surface area contributed by atoms with Crippen LogP contribution in [0.3, 0.4) is 0 Å². The topological polar surface area (TPSA) is 83.6 Å². The van der Waals surface area contributed by atoms with Crippen LogP contribution in [-0.4, -0.2) is 26.3 Å². The van der Waals surface area contributed by atoms with Gasteiger partial charge in [-0.1, -0.05) is 6.92 Å². The molecule has 2 rings (SSSR count). The first-order valence-corrected chi connectivity index (χ1v) is 6.17. The maximum Gasteiger partial charge on any atom is 0.274 e. The number of nitrogens with zero attached hydrogens (tertiary/aromatic N) is 3. The van der Waals surface area contributed by atoms with Gasteiger partial charge in [0.15, 0.2) is 5.69 Å². The summed E-state index contributed by atoms with van der Waals surface area (Å²) in [5, 5.41) is 15.8. The van der Waals surface area contributed by atoms with Gasteiger partial charge in [0.1, 0.15) is 0 Å². The number of rotatable bonds is 4. The normalized spacial score (nSPS) is 10.5. The molecule has 17 heavy (non-hydrogen) atoms. The van der Waals surface area contributed by atoms with Crippen molar-refractivity contribution in [2.45, 2.75) is 26.8 Å². The van der Waals surface area contributed by atoms with Crippen molar-refractivity contribution in [3.63, 3.8) is 0 Å². The van der Waals surface area contributed by atoms with E-state index in [-0.39, 0.29) is 5.91 Å². The van der Waals surface area contributed by atoms with Crippen molar-refractivity contribution in [2.24, 2.45) is 0 Å². The van der Waals surface area contributed by atoms with Gasteiger partial charge in [-0.15, -0.1) is 11.3 Å². The molecule has 2 N–H and O–H groups in total. The molecule has 0 aliphatic rings. The number of H-pyrrole nitrogens is 1. The van der Waals surface area contributed by atoms with Gasteiger partial charge in [-0.3, -0.25) is 4.79 Å². The predicted octanol–water partition coefficient (Wildman–Crippen LogP) is 1.06. The van der Waals surface area contributed by atoms with Crippen LogP contribution >= 0.6 is 11.3 Å². The largest absolute Gasteiger partial charge is 0.345 e. The Bertz CT molecular complexity index is 518. The summed E-state index contributed by atoms with van der Waals surface area (Å²) in [5.41, 5.74) is 1.80. The predicted molar refractivity (Wildman–Crippen MR) is 63.8 cm³/mol. The van der Waals surface area contributed by atoms with E-state index in [4.69, 9.17) is 0 Å². The van der Waals surface area contributed by atoms with Crippen molar-refractivity contribution in [1.29, 1.82) is 0 Å². The molecule has 0 radical (unpaired) electrons. The summed E-state index contributed by atoms with van der Waals surface area (Å²) in [5.74, 6) is -0.234. The van der Waals surface area contributed by atoms with Crippen molar-refractivity contribution in [1.82, 2.24) is 25.7 Å². The molecule has 2 aromatic rings. The molecular formula is C10H13N5OS. The maximum atomic E-state index is 11.7. The minimum absolute atomic E-state index is 0.234. The number of nitrogens with one attached hydrogen (secondary N) is 2. The summed E-state index contributed by atoms with van der Waals surface area (Å²) in [4.78, 5) is 16.1. The van der Waals surface area contributed by atoms with E-state index in [1.54, 1.807) is 18.3 Å². The summed E-state index contributed by atoms with van der Waals surface area (Å²) in [6.07, 6.45) is 0.918. The van der Waals surface area contributed by atoms with Crippen LogP contribution in [0.2, 0.25) is 0 Å². The minimum atomic E-state index is -0.234. The van der Waals surface area contributed by atoms with Gasteiger partial charge in [0.2, 0.25) is 0 Å². The molecule has 0 saturated heterocycles. The lowest BCUT2D eigenvalue weighted by molar-refractivity contribution is 0.0945. The third kappa shape index (κ3) is 2.68. The van der Waals surface area contributed by atoms with Gasteiger partial charge in [0.05, 0.1) is 22.9 Å². The molecule has 2 aromatic heterocycles. The molecule has 0 aromatic carbocycles. The highest BCUT2D eigenvalue weighted by Crippen LogP contribution is 2.10. The molecule has 7 heteroatoms. The Morgan fingerprint density at radius 2 is 2.35 bits per heavy atom. The standard InChI is InChI=1S/C10H13N5OS/c1-3-8-12-7(5-17-8)4-11-10(16)9-6(2)13-15-14-9/h5H,3-4H2,1-2H3,(H,11,16)(H,13,14,15). The van der Waals surface area contributed by atoms with Crippen LogP contribution in [-0.2, 0) is 13.0 Å². The highest BCUT2D eigenvalue weighted by Gasteiger charge is 2.13. The molecule has 2 heterocycles. The zero-order chi connectivity index (χ0) is 12.3. The van der Waals surface area contributed by atoms with Gasteiger partial charge in [-0.25, -0.2) is 4.98 Å². The molecule has 0 fully saturated rings. The lowest BCUT2D eigenvalue weighted by Crippen LogP contribution is -2.24. The number of thiazole rings is 1. The fourth-order valence-electron chi connectivity index (χ4n) is 1.35. The van der Waals surface area contributed by atoms with E-state index in [9.17, 15) is 4.79 Å². The highest BCUT2D eigenvalue weighted by molar-refractivity contribution is 7.09. The van der Waals surface area contributed by atoms with Gasteiger partial charge in [0.25, 0.3) is 5.91 Å². The lowest BCUT2D eigenvalue weighted by atomic mass is 10.3. The van der Waals surface area contributed by atoms with Gasteiger partial charge in [0, 0.05) is 5.38 Å². The van der Waals surface area contributed by atoms with Crippen molar-refractivity contribution >= 4 is 17.2 Å². The second kappa shape index (κ2) is 5.05.